The molecule has 0 saturated carbocycles. The Labute approximate surface area is 62.7 Å². The average molecular weight is 143 g/mol. The summed E-state index contributed by atoms with van der Waals surface area (Å²) in [4.78, 5) is 0. The first-order valence-corrected chi connectivity index (χ1v) is 4.05. The molecule has 10 heavy (non-hydrogen) atoms. The first-order chi connectivity index (χ1) is 4.74. The molecule has 2 atom stereocenters. The van der Waals surface area contributed by atoms with Gasteiger partial charge in [0, 0.05) is 6.54 Å². The quantitative estimate of drug-likeness (QED) is 0.626. The van der Waals surface area contributed by atoms with Gasteiger partial charge in [0.05, 0.1) is 12.7 Å². The van der Waals surface area contributed by atoms with Gasteiger partial charge in [0.1, 0.15) is 0 Å². The predicted octanol–water partition coefficient (Wildman–Crippen LogP) is 1.01. The minimum absolute atomic E-state index is 0.340. The highest BCUT2D eigenvalue weighted by Crippen LogP contribution is 2.25. The van der Waals surface area contributed by atoms with E-state index in [0.29, 0.717) is 12.6 Å². The third-order valence-electron chi connectivity index (χ3n) is 2.32. The summed E-state index contributed by atoms with van der Waals surface area (Å²) in [6, 6.07) is 0. The third-order valence-corrected chi connectivity index (χ3v) is 2.32. The van der Waals surface area contributed by atoms with Crippen LogP contribution >= 0.6 is 0 Å². The van der Waals surface area contributed by atoms with Crippen molar-refractivity contribution in [3.05, 3.63) is 0 Å². The van der Waals surface area contributed by atoms with Gasteiger partial charge >= 0.3 is 0 Å². The standard InChI is InChI=1S/C8H17NO/c1-6(2)7-3-8(4-9)10-5-7/h6-8H,3-5,9H2,1-2H3/t7-,8-/m1/s1. The molecule has 0 aromatic rings. The second-order valence-electron chi connectivity index (χ2n) is 3.43. The molecule has 0 aromatic heterocycles. The smallest absolute Gasteiger partial charge is 0.0701 e. The van der Waals surface area contributed by atoms with Crippen LogP contribution < -0.4 is 5.73 Å². The Balaban J connectivity index is 2.28. The number of ether oxygens (including phenoxy) is 1. The first kappa shape index (κ1) is 8.02. The lowest BCUT2D eigenvalue weighted by Crippen LogP contribution is -2.18. The van der Waals surface area contributed by atoms with Gasteiger partial charge in [0.25, 0.3) is 0 Å². The molecule has 0 aliphatic carbocycles. The van der Waals surface area contributed by atoms with E-state index in [1.54, 1.807) is 0 Å². The van der Waals surface area contributed by atoms with Crippen molar-refractivity contribution in [3.8, 4) is 0 Å². The van der Waals surface area contributed by atoms with E-state index in [1.807, 2.05) is 0 Å². The molecule has 0 unspecified atom stereocenters. The normalized spacial score (nSPS) is 33.6. The van der Waals surface area contributed by atoms with Crippen molar-refractivity contribution >= 4 is 0 Å². The Morgan fingerprint density at radius 2 is 2.30 bits per heavy atom. The van der Waals surface area contributed by atoms with Crippen LogP contribution in [-0.2, 0) is 4.74 Å². The Kier molecular flexibility index (Phi) is 2.69. The molecule has 1 aliphatic rings. The second-order valence-corrected chi connectivity index (χ2v) is 3.43. The number of rotatable bonds is 2. The highest BCUT2D eigenvalue weighted by molar-refractivity contribution is 4.75. The summed E-state index contributed by atoms with van der Waals surface area (Å²) < 4.78 is 5.45. The molecule has 0 radical (unpaired) electrons. The van der Waals surface area contributed by atoms with Crippen LogP contribution in [0.4, 0.5) is 0 Å². The number of hydrogen-bond donors (Lipinski definition) is 1. The summed E-state index contributed by atoms with van der Waals surface area (Å²) in [6.07, 6.45) is 1.50. The number of nitrogens with two attached hydrogens (primary N) is 1. The van der Waals surface area contributed by atoms with Crippen LogP contribution in [0.25, 0.3) is 0 Å². The monoisotopic (exact) mass is 143 g/mol. The van der Waals surface area contributed by atoms with Gasteiger partial charge in [-0.25, -0.2) is 0 Å². The van der Waals surface area contributed by atoms with Crippen molar-refractivity contribution in [3.63, 3.8) is 0 Å². The molecule has 0 spiro atoms. The van der Waals surface area contributed by atoms with Crippen molar-refractivity contribution in [2.24, 2.45) is 17.6 Å². The lowest BCUT2D eigenvalue weighted by molar-refractivity contribution is 0.109. The molecule has 2 nitrogen and oxygen atoms in total. The van der Waals surface area contributed by atoms with Crippen molar-refractivity contribution in [2.45, 2.75) is 26.4 Å². The van der Waals surface area contributed by atoms with E-state index in [1.165, 1.54) is 0 Å². The molecule has 1 fully saturated rings. The van der Waals surface area contributed by atoms with E-state index in [9.17, 15) is 0 Å². The van der Waals surface area contributed by atoms with Crippen LogP contribution in [0.1, 0.15) is 20.3 Å². The van der Waals surface area contributed by atoms with E-state index >= 15 is 0 Å². The third kappa shape index (κ3) is 1.70. The largest absolute Gasteiger partial charge is 0.377 e. The molecule has 1 aliphatic heterocycles. The van der Waals surface area contributed by atoms with Crippen molar-refractivity contribution in [2.75, 3.05) is 13.2 Å². The van der Waals surface area contributed by atoms with E-state index in [-0.39, 0.29) is 0 Å². The van der Waals surface area contributed by atoms with E-state index in [4.69, 9.17) is 10.5 Å². The second kappa shape index (κ2) is 3.35. The summed E-state index contributed by atoms with van der Waals surface area (Å²) in [5.41, 5.74) is 5.47. The van der Waals surface area contributed by atoms with Crippen LogP contribution in [0.2, 0.25) is 0 Å². The first-order valence-electron chi connectivity index (χ1n) is 4.05. The van der Waals surface area contributed by atoms with Gasteiger partial charge in [-0.1, -0.05) is 13.8 Å². The van der Waals surface area contributed by atoms with Gasteiger partial charge in [-0.2, -0.15) is 0 Å². The van der Waals surface area contributed by atoms with Gasteiger partial charge in [-0.05, 0) is 18.3 Å². The van der Waals surface area contributed by atoms with E-state index < -0.39 is 0 Å². The molecule has 0 amide bonds. The molecule has 1 heterocycles. The molecular formula is C8H17NO. The number of hydrogen-bond acceptors (Lipinski definition) is 2. The highest BCUT2D eigenvalue weighted by Gasteiger charge is 2.26. The lowest BCUT2D eigenvalue weighted by Gasteiger charge is -2.10. The zero-order chi connectivity index (χ0) is 7.56. The molecule has 1 rings (SSSR count). The maximum Gasteiger partial charge on any atom is 0.0701 e. The topological polar surface area (TPSA) is 35.2 Å². The van der Waals surface area contributed by atoms with Gasteiger partial charge in [0.2, 0.25) is 0 Å². The van der Waals surface area contributed by atoms with Crippen molar-refractivity contribution in [1.29, 1.82) is 0 Å². The minimum atomic E-state index is 0.340. The molecular weight excluding hydrogens is 126 g/mol. The summed E-state index contributed by atoms with van der Waals surface area (Å²) in [5, 5.41) is 0. The summed E-state index contributed by atoms with van der Waals surface area (Å²) in [7, 11) is 0. The lowest BCUT2D eigenvalue weighted by atomic mass is 9.93. The van der Waals surface area contributed by atoms with Gasteiger partial charge in [-0.3, -0.25) is 0 Å². The Morgan fingerprint density at radius 1 is 1.60 bits per heavy atom. The Hall–Kier alpha value is -0.0800. The molecule has 2 N–H and O–H groups in total. The average Bonchev–Trinajstić information content (AvgIpc) is 2.34. The molecule has 0 aromatic carbocycles. The SMILES string of the molecule is CC(C)[C@H]1CO[C@@H](CN)C1. The molecule has 2 heteroatoms. The fourth-order valence-electron chi connectivity index (χ4n) is 1.36. The minimum Gasteiger partial charge on any atom is -0.377 e. The van der Waals surface area contributed by atoms with Crippen molar-refractivity contribution in [1.82, 2.24) is 0 Å². The summed E-state index contributed by atoms with van der Waals surface area (Å²) in [6.45, 7) is 6.09. The molecule has 0 bridgehead atoms. The van der Waals surface area contributed by atoms with Crippen LogP contribution in [0.15, 0.2) is 0 Å². The zero-order valence-corrected chi connectivity index (χ0v) is 6.84. The molecule has 60 valence electrons. The van der Waals surface area contributed by atoms with E-state index in [0.717, 1.165) is 24.9 Å². The summed E-state index contributed by atoms with van der Waals surface area (Å²) >= 11 is 0. The Bertz CT molecular complexity index is 103. The molecule has 1 saturated heterocycles. The maximum atomic E-state index is 5.47. The highest BCUT2D eigenvalue weighted by atomic mass is 16.5. The van der Waals surface area contributed by atoms with Crippen molar-refractivity contribution < 1.29 is 4.74 Å². The maximum absolute atomic E-state index is 5.47. The van der Waals surface area contributed by atoms with Gasteiger partial charge in [-0.15, -0.1) is 0 Å². The Morgan fingerprint density at radius 3 is 2.60 bits per heavy atom. The predicted molar refractivity (Wildman–Crippen MR) is 41.7 cm³/mol. The van der Waals surface area contributed by atoms with Gasteiger partial charge < -0.3 is 10.5 Å². The fraction of sp³-hybridized carbons (Fsp3) is 1.00. The van der Waals surface area contributed by atoms with E-state index in [2.05, 4.69) is 13.8 Å². The fourth-order valence-corrected chi connectivity index (χ4v) is 1.36. The van der Waals surface area contributed by atoms with Crippen LogP contribution in [0.3, 0.4) is 0 Å². The summed E-state index contributed by atoms with van der Waals surface area (Å²) in [5.74, 6) is 1.49. The van der Waals surface area contributed by atoms with Gasteiger partial charge in [0.15, 0.2) is 0 Å². The van der Waals surface area contributed by atoms with Crippen LogP contribution in [-0.4, -0.2) is 19.3 Å². The zero-order valence-electron chi connectivity index (χ0n) is 6.84. The van der Waals surface area contributed by atoms with Crippen LogP contribution in [0.5, 0.6) is 0 Å². The van der Waals surface area contributed by atoms with Crippen LogP contribution in [0, 0.1) is 11.8 Å².